The predicted molar refractivity (Wildman–Crippen MR) is 88.4 cm³/mol. The number of aromatic nitrogens is 2. The zero-order chi connectivity index (χ0) is 16.9. The van der Waals surface area contributed by atoms with Gasteiger partial charge in [-0.05, 0) is 31.0 Å². The molecular formula is C17H23N3O3. The molecular weight excluding hydrogens is 294 g/mol. The minimum atomic E-state index is -0.870. The van der Waals surface area contributed by atoms with E-state index in [-0.39, 0.29) is 12.5 Å². The Bertz CT molecular complexity index is 663. The summed E-state index contributed by atoms with van der Waals surface area (Å²) in [6.45, 7) is 4.01. The summed E-state index contributed by atoms with van der Waals surface area (Å²) < 4.78 is 5.19. The average Bonchev–Trinajstić information content (AvgIpc) is 3.09. The lowest BCUT2D eigenvalue weighted by Crippen LogP contribution is -2.42. The maximum atomic E-state index is 12.2. The van der Waals surface area contributed by atoms with E-state index in [9.17, 15) is 9.90 Å². The summed E-state index contributed by atoms with van der Waals surface area (Å²) in [5, 5.41) is 19.8. The Labute approximate surface area is 135 Å². The van der Waals surface area contributed by atoms with Crippen molar-refractivity contribution in [1.29, 1.82) is 0 Å². The quantitative estimate of drug-likeness (QED) is 0.731. The number of nitrogens with zero attached hydrogens (tertiary/aromatic N) is 1. The smallest absolute Gasteiger partial charge is 0.269 e. The molecule has 1 heterocycles. The zero-order valence-corrected chi connectivity index (χ0v) is 13.7. The first-order valence-corrected chi connectivity index (χ1v) is 7.71. The van der Waals surface area contributed by atoms with Crippen molar-refractivity contribution >= 4 is 5.91 Å². The number of carbonyl (C=O) groups is 1. The number of H-pyrrole nitrogens is 1. The fourth-order valence-electron chi connectivity index (χ4n) is 2.21. The van der Waals surface area contributed by atoms with Crippen LogP contribution in [0, 0.1) is 0 Å². The highest BCUT2D eigenvalue weighted by Crippen LogP contribution is 2.22. The Balaban J connectivity index is 2.08. The van der Waals surface area contributed by atoms with Crippen molar-refractivity contribution in [2.24, 2.45) is 0 Å². The van der Waals surface area contributed by atoms with Crippen LogP contribution in [0.2, 0.25) is 0 Å². The van der Waals surface area contributed by atoms with Gasteiger partial charge in [0, 0.05) is 12.1 Å². The first-order valence-electron chi connectivity index (χ1n) is 7.71. The lowest BCUT2D eigenvalue weighted by molar-refractivity contribution is 0.0313. The molecule has 0 aliphatic carbocycles. The minimum Gasteiger partial charge on any atom is -0.497 e. The molecule has 0 radical (unpaired) electrons. The first kappa shape index (κ1) is 17.0. The highest BCUT2D eigenvalue weighted by atomic mass is 16.5. The van der Waals surface area contributed by atoms with Crippen molar-refractivity contribution in [3.8, 4) is 17.0 Å². The van der Waals surface area contributed by atoms with Crippen LogP contribution < -0.4 is 10.1 Å². The molecule has 0 saturated carbocycles. The fourth-order valence-corrected chi connectivity index (χ4v) is 2.21. The Morgan fingerprint density at radius 2 is 2.09 bits per heavy atom. The molecule has 0 aliphatic heterocycles. The van der Waals surface area contributed by atoms with Gasteiger partial charge in [0.05, 0.1) is 18.4 Å². The van der Waals surface area contributed by atoms with E-state index >= 15 is 0 Å². The third-order valence-corrected chi connectivity index (χ3v) is 4.08. The molecule has 1 amide bonds. The number of hydrogen-bond donors (Lipinski definition) is 3. The lowest BCUT2D eigenvalue weighted by atomic mass is 9.97. The van der Waals surface area contributed by atoms with Crippen LogP contribution in [0.1, 0.15) is 37.2 Å². The zero-order valence-electron chi connectivity index (χ0n) is 13.7. The molecule has 124 valence electrons. The number of amides is 1. The van der Waals surface area contributed by atoms with Crippen LogP contribution in [0.4, 0.5) is 0 Å². The predicted octanol–water partition coefficient (Wildman–Crippen LogP) is 2.37. The third-order valence-electron chi connectivity index (χ3n) is 4.08. The summed E-state index contributed by atoms with van der Waals surface area (Å²) in [4.78, 5) is 12.2. The van der Waals surface area contributed by atoms with E-state index in [2.05, 4.69) is 15.5 Å². The monoisotopic (exact) mass is 317 g/mol. The van der Waals surface area contributed by atoms with Gasteiger partial charge in [-0.2, -0.15) is 5.10 Å². The lowest BCUT2D eigenvalue weighted by Gasteiger charge is -2.25. The number of carbonyl (C=O) groups excluding carboxylic acids is 1. The van der Waals surface area contributed by atoms with E-state index < -0.39 is 5.60 Å². The van der Waals surface area contributed by atoms with Gasteiger partial charge in [0.25, 0.3) is 5.91 Å². The van der Waals surface area contributed by atoms with Crippen LogP contribution in [0.5, 0.6) is 5.75 Å². The largest absolute Gasteiger partial charge is 0.497 e. The highest BCUT2D eigenvalue weighted by Gasteiger charge is 2.23. The van der Waals surface area contributed by atoms with Crippen LogP contribution in [0.25, 0.3) is 11.3 Å². The molecule has 6 nitrogen and oxygen atoms in total. The summed E-state index contributed by atoms with van der Waals surface area (Å²) in [6, 6.07) is 9.14. The molecule has 6 heteroatoms. The van der Waals surface area contributed by atoms with Crippen LogP contribution in [-0.4, -0.2) is 40.5 Å². The second kappa shape index (κ2) is 7.28. The number of benzene rings is 1. The Morgan fingerprint density at radius 3 is 2.74 bits per heavy atom. The van der Waals surface area contributed by atoms with Gasteiger partial charge in [0.15, 0.2) is 0 Å². The molecule has 0 fully saturated rings. The van der Waals surface area contributed by atoms with Crippen LogP contribution in [0.15, 0.2) is 30.3 Å². The summed E-state index contributed by atoms with van der Waals surface area (Å²) in [5.74, 6) is 0.444. The molecule has 0 spiro atoms. The Morgan fingerprint density at radius 1 is 1.35 bits per heavy atom. The molecule has 0 aliphatic rings. The standard InChI is InChI=1S/C17H23N3O3/c1-4-17(22,5-2)11-18-16(21)15-10-14(19-20-15)12-7-6-8-13(9-12)23-3/h6-10,22H,4-5,11H2,1-3H3,(H,18,21)(H,19,20). The number of nitrogens with one attached hydrogen (secondary N) is 2. The molecule has 2 rings (SSSR count). The number of hydrogen-bond acceptors (Lipinski definition) is 4. The summed E-state index contributed by atoms with van der Waals surface area (Å²) in [5.41, 5.74) is 1.01. The molecule has 0 unspecified atom stereocenters. The molecule has 23 heavy (non-hydrogen) atoms. The first-order chi connectivity index (χ1) is 11.0. The van der Waals surface area contributed by atoms with Crippen molar-refractivity contribution in [3.63, 3.8) is 0 Å². The van der Waals surface area contributed by atoms with Crippen molar-refractivity contribution < 1.29 is 14.6 Å². The highest BCUT2D eigenvalue weighted by molar-refractivity contribution is 5.93. The summed E-state index contributed by atoms with van der Waals surface area (Å²) >= 11 is 0. The second-order valence-corrected chi connectivity index (χ2v) is 5.51. The van der Waals surface area contributed by atoms with E-state index in [1.54, 1.807) is 13.2 Å². The number of ether oxygens (including phenoxy) is 1. The van der Waals surface area contributed by atoms with Crippen molar-refractivity contribution in [2.75, 3.05) is 13.7 Å². The maximum Gasteiger partial charge on any atom is 0.269 e. The Kier molecular flexibility index (Phi) is 5.39. The van der Waals surface area contributed by atoms with E-state index in [1.165, 1.54) is 0 Å². The summed E-state index contributed by atoms with van der Waals surface area (Å²) in [7, 11) is 1.60. The van der Waals surface area contributed by atoms with Crippen molar-refractivity contribution in [1.82, 2.24) is 15.5 Å². The molecule has 2 aromatic rings. The van der Waals surface area contributed by atoms with E-state index in [0.717, 1.165) is 11.3 Å². The average molecular weight is 317 g/mol. The van der Waals surface area contributed by atoms with Crippen LogP contribution in [0.3, 0.4) is 0 Å². The van der Waals surface area contributed by atoms with Crippen molar-refractivity contribution in [3.05, 3.63) is 36.0 Å². The number of aromatic amines is 1. The van der Waals surface area contributed by atoms with Gasteiger partial charge in [-0.1, -0.05) is 26.0 Å². The van der Waals surface area contributed by atoms with Gasteiger partial charge in [0.1, 0.15) is 11.4 Å². The van der Waals surface area contributed by atoms with Gasteiger partial charge in [0.2, 0.25) is 0 Å². The van der Waals surface area contributed by atoms with Gasteiger partial charge in [-0.25, -0.2) is 0 Å². The van der Waals surface area contributed by atoms with Gasteiger partial charge in [-0.15, -0.1) is 0 Å². The molecule has 0 bridgehead atoms. The molecule has 1 aromatic heterocycles. The van der Waals surface area contributed by atoms with E-state index in [1.807, 2.05) is 38.1 Å². The number of methoxy groups -OCH3 is 1. The van der Waals surface area contributed by atoms with Gasteiger partial charge < -0.3 is 15.2 Å². The molecule has 0 saturated heterocycles. The maximum absolute atomic E-state index is 12.2. The molecule has 0 atom stereocenters. The topological polar surface area (TPSA) is 87.2 Å². The molecule has 1 aromatic carbocycles. The molecule has 3 N–H and O–H groups in total. The van der Waals surface area contributed by atoms with Crippen LogP contribution >= 0.6 is 0 Å². The minimum absolute atomic E-state index is 0.215. The third kappa shape index (κ3) is 4.10. The summed E-state index contributed by atoms with van der Waals surface area (Å²) in [6.07, 6.45) is 1.17. The van der Waals surface area contributed by atoms with Gasteiger partial charge >= 0.3 is 0 Å². The van der Waals surface area contributed by atoms with E-state index in [4.69, 9.17) is 4.74 Å². The Hall–Kier alpha value is -2.34. The number of aliphatic hydroxyl groups is 1. The number of rotatable bonds is 7. The van der Waals surface area contributed by atoms with Crippen molar-refractivity contribution in [2.45, 2.75) is 32.3 Å². The SMILES string of the molecule is CCC(O)(CC)CNC(=O)c1cc(-c2cccc(OC)c2)n[nH]1. The normalized spacial score (nSPS) is 11.3. The fraction of sp³-hybridized carbons (Fsp3) is 0.412. The van der Waals surface area contributed by atoms with Crippen LogP contribution in [-0.2, 0) is 0 Å². The van der Waals surface area contributed by atoms with Gasteiger partial charge in [-0.3, -0.25) is 9.89 Å². The van der Waals surface area contributed by atoms with E-state index in [0.29, 0.717) is 24.2 Å². The second-order valence-electron chi connectivity index (χ2n) is 5.51.